The molecule has 2 atom stereocenters. The normalized spacial score (nSPS) is 15.7. The molecule has 0 saturated carbocycles. The van der Waals surface area contributed by atoms with Gasteiger partial charge in [-0.05, 0) is 56.4 Å². The summed E-state index contributed by atoms with van der Waals surface area (Å²) in [5.74, 6) is -1.05. The highest BCUT2D eigenvalue weighted by Crippen LogP contribution is 2.27. The molecule has 0 fully saturated rings. The number of fused-ring (bicyclic) bond motifs is 1. The Labute approximate surface area is 190 Å². The minimum absolute atomic E-state index is 0.0931. The van der Waals surface area contributed by atoms with Crippen molar-refractivity contribution in [2.45, 2.75) is 57.5 Å². The molecule has 2 aromatic carbocycles. The van der Waals surface area contributed by atoms with Crippen LogP contribution in [-0.4, -0.2) is 38.9 Å². The van der Waals surface area contributed by atoms with Gasteiger partial charge in [0.1, 0.15) is 12.1 Å². The zero-order valence-electron chi connectivity index (χ0n) is 19.0. The van der Waals surface area contributed by atoms with Gasteiger partial charge in [0.15, 0.2) is 0 Å². The molecule has 32 heavy (non-hydrogen) atoms. The molecule has 0 aliphatic carbocycles. The van der Waals surface area contributed by atoms with Crippen molar-refractivity contribution in [2.75, 3.05) is 11.4 Å². The summed E-state index contributed by atoms with van der Waals surface area (Å²) < 4.78 is 28.1. The first-order valence-electron chi connectivity index (χ1n) is 10.9. The lowest BCUT2D eigenvalue weighted by Crippen LogP contribution is -2.55. The van der Waals surface area contributed by atoms with Gasteiger partial charge in [-0.3, -0.25) is 9.59 Å². The van der Waals surface area contributed by atoms with Crippen molar-refractivity contribution in [3.63, 3.8) is 0 Å². The number of carbonyl (C=O) groups excluding carboxylic acids is 2. The Morgan fingerprint density at radius 3 is 2.31 bits per heavy atom. The zero-order chi connectivity index (χ0) is 23.5. The SMILES string of the molecule is Cc1ccc(S(=O)(=O)N[C@@H](C(=O)N[C@@H](C)C(=O)N2CCCc3ccccc32)C(C)C)cc1. The number of hydrogen-bond donors (Lipinski definition) is 2. The summed E-state index contributed by atoms with van der Waals surface area (Å²) in [6.07, 6.45) is 1.77. The van der Waals surface area contributed by atoms with Gasteiger partial charge in [-0.15, -0.1) is 0 Å². The molecule has 0 unspecified atom stereocenters. The molecule has 0 bridgehead atoms. The van der Waals surface area contributed by atoms with Gasteiger partial charge in [0.25, 0.3) is 0 Å². The number of benzene rings is 2. The van der Waals surface area contributed by atoms with E-state index in [0.29, 0.717) is 6.54 Å². The van der Waals surface area contributed by atoms with Gasteiger partial charge < -0.3 is 10.2 Å². The first kappa shape index (κ1) is 23.9. The van der Waals surface area contributed by atoms with Gasteiger partial charge in [-0.25, -0.2) is 8.42 Å². The summed E-state index contributed by atoms with van der Waals surface area (Å²) in [6.45, 7) is 7.60. The second-order valence-electron chi connectivity index (χ2n) is 8.61. The maximum absolute atomic E-state index is 13.1. The third kappa shape index (κ3) is 5.37. The van der Waals surface area contributed by atoms with Crippen molar-refractivity contribution in [1.82, 2.24) is 10.0 Å². The average Bonchev–Trinajstić information content (AvgIpc) is 2.76. The summed E-state index contributed by atoms with van der Waals surface area (Å²) in [4.78, 5) is 27.9. The largest absolute Gasteiger partial charge is 0.343 e. The van der Waals surface area contributed by atoms with Gasteiger partial charge in [-0.1, -0.05) is 49.7 Å². The van der Waals surface area contributed by atoms with E-state index >= 15 is 0 Å². The van der Waals surface area contributed by atoms with Crippen LogP contribution in [0.5, 0.6) is 0 Å². The van der Waals surface area contributed by atoms with Crippen molar-refractivity contribution < 1.29 is 18.0 Å². The van der Waals surface area contributed by atoms with E-state index in [1.807, 2.05) is 31.2 Å². The minimum atomic E-state index is -3.89. The minimum Gasteiger partial charge on any atom is -0.343 e. The maximum Gasteiger partial charge on any atom is 0.249 e. The van der Waals surface area contributed by atoms with Crippen LogP contribution in [0.4, 0.5) is 5.69 Å². The molecule has 1 aliphatic heterocycles. The van der Waals surface area contributed by atoms with Crippen molar-refractivity contribution in [3.8, 4) is 0 Å². The highest BCUT2D eigenvalue weighted by molar-refractivity contribution is 7.89. The number of anilines is 1. The van der Waals surface area contributed by atoms with Gasteiger partial charge in [-0.2, -0.15) is 4.72 Å². The van der Waals surface area contributed by atoms with Crippen LogP contribution in [0.2, 0.25) is 0 Å². The highest BCUT2D eigenvalue weighted by atomic mass is 32.2. The second-order valence-corrected chi connectivity index (χ2v) is 10.3. The van der Waals surface area contributed by atoms with Crippen LogP contribution < -0.4 is 14.9 Å². The van der Waals surface area contributed by atoms with Crippen LogP contribution >= 0.6 is 0 Å². The first-order chi connectivity index (χ1) is 15.1. The third-order valence-corrected chi connectivity index (χ3v) is 7.13. The summed E-state index contributed by atoms with van der Waals surface area (Å²) in [5.41, 5.74) is 2.91. The number of rotatable bonds is 7. The summed E-state index contributed by atoms with van der Waals surface area (Å²) in [7, 11) is -3.89. The van der Waals surface area contributed by atoms with Crippen LogP contribution in [0, 0.1) is 12.8 Å². The molecule has 172 valence electrons. The number of aryl methyl sites for hydroxylation is 2. The quantitative estimate of drug-likeness (QED) is 0.668. The molecule has 2 amide bonds. The van der Waals surface area contributed by atoms with Crippen molar-refractivity contribution in [3.05, 3.63) is 59.7 Å². The van der Waals surface area contributed by atoms with Crippen LogP contribution in [0.15, 0.2) is 53.4 Å². The number of nitrogens with one attached hydrogen (secondary N) is 2. The lowest BCUT2D eigenvalue weighted by atomic mass is 10.0. The topological polar surface area (TPSA) is 95.6 Å². The van der Waals surface area contributed by atoms with E-state index in [1.165, 1.54) is 12.1 Å². The fraction of sp³-hybridized carbons (Fsp3) is 0.417. The standard InChI is InChI=1S/C24H31N3O4S/c1-16(2)22(26-32(30,31)20-13-11-17(3)12-14-20)23(28)25-18(4)24(29)27-15-7-9-19-8-5-6-10-21(19)27/h5-6,8,10-14,16,18,22,26H,7,9,15H2,1-4H3,(H,25,28)/t18-,22+/m0/s1. The fourth-order valence-corrected chi connectivity index (χ4v) is 5.15. The molecule has 3 rings (SSSR count). The van der Waals surface area contributed by atoms with Crippen LogP contribution in [0.1, 0.15) is 38.3 Å². The maximum atomic E-state index is 13.1. The van der Waals surface area contributed by atoms with E-state index in [4.69, 9.17) is 0 Å². The third-order valence-electron chi connectivity index (χ3n) is 5.67. The molecule has 1 aliphatic rings. The van der Waals surface area contributed by atoms with Gasteiger partial charge in [0.05, 0.1) is 4.90 Å². The van der Waals surface area contributed by atoms with Gasteiger partial charge >= 0.3 is 0 Å². The Morgan fingerprint density at radius 2 is 1.66 bits per heavy atom. The Bertz CT molecular complexity index is 1080. The van der Waals surface area contributed by atoms with E-state index in [1.54, 1.807) is 37.8 Å². The van der Waals surface area contributed by atoms with Gasteiger partial charge in [0, 0.05) is 12.2 Å². The fourth-order valence-electron chi connectivity index (χ4n) is 3.81. The molecule has 8 heteroatoms. The molecule has 0 radical (unpaired) electrons. The predicted molar refractivity (Wildman–Crippen MR) is 125 cm³/mol. The smallest absolute Gasteiger partial charge is 0.249 e. The van der Waals surface area contributed by atoms with Crippen molar-refractivity contribution >= 4 is 27.5 Å². The molecule has 7 nitrogen and oxygen atoms in total. The number of para-hydroxylation sites is 1. The average molecular weight is 458 g/mol. The van der Waals surface area contributed by atoms with E-state index in [2.05, 4.69) is 10.0 Å². The molecule has 2 N–H and O–H groups in total. The zero-order valence-corrected chi connectivity index (χ0v) is 19.8. The number of amides is 2. The number of nitrogens with zero attached hydrogens (tertiary/aromatic N) is 1. The Kier molecular flexibility index (Phi) is 7.36. The number of carbonyl (C=O) groups is 2. The summed E-state index contributed by atoms with van der Waals surface area (Å²) >= 11 is 0. The lowest BCUT2D eigenvalue weighted by molar-refractivity contribution is -0.128. The van der Waals surface area contributed by atoms with E-state index < -0.39 is 28.0 Å². The van der Waals surface area contributed by atoms with E-state index in [0.717, 1.165) is 29.7 Å². The summed E-state index contributed by atoms with van der Waals surface area (Å²) in [6, 6.07) is 12.4. The number of hydrogen-bond acceptors (Lipinski definition) is 4. The predicted octanol–water partition coefficient (Wildman–Crippen LogP) is 2.78. The van der Waals surface area contributed by atoms with Crippen LogP contribution in [0.3, 0.4) is 0 Å². The van der Waals surface area contributed by atoms with E-state index in [9.17, 15) is 18.0 Å². The molecular formula is C24H31N3O4S. The molecule has 0 aromatic heterocycles. The molecule has 0 saturated heterocycles. The number of sulfonamides is 1. The first-order valence-corrected chi connectivity index (χ1v) is 12.4. The lowest BCUT2D eigenvalue weighted by Gasteiger charge is -2.32. The second kappa shape index (κ2) is 9.83. The molecule has 1 heterocycles. The van der Waals surface area contributed by atoms with Crippen LogP contribution in [-0.2, 0) is 26.0 Å². The Morgan fingerprint density at radius 1 is 1.00 bits per heavy atom. The molecular weight excluding hydrogens is 426 g/mol. The monoisotopic (exact) mass is 457 g/mol. The van der Waals surface area contributed by atoms with Crippen molar-refractivity contribution in [2.24, 2.45) is 5.92 Å². The molecule has 0 spiro atoms. The van der Waals surface area contributed by atoms with Crippen molar-refractivity contribution in [1.29, 1.82) is 0 Å². The highest BCUT2D eigenvalue weighted by Gasteiger charge is 2.32. The Balaban J connectivity index is 1.72. The van der Waals surface area contributed by atoms with Crippen LogP contribution in [0.25, 0.3) is 0 Å². The Hall–Kier alpha value is -2.71. The molecule has 2 aromatic rings. The summed E-state index contributed by atoms with van der Waals surface area (Å²) in [5, 5.41) is 2.72. The van der Waals surface area contributed by atoms with E-state index in [-0.39, 0.29) is 16.7 Å². The van der Waals surface area contributed by atoms with Gasteiger partial charge in [0.2, 0.25) is 21.8 Å².